The van der Waals surface area contributed by atoms with Gasteiger partial charge in [0.1, 0.15) is 5.78 Å². The summed E-state index contributed by atoms with van der Waals surface area (Å²) in [5.41, 5.74) is 0.951. The van der Waals surface area contributed by atoms with E-state index in [4.69, 9.17) is 0 Å². The van der Waals surface area contributed by atoms with Crippen LogP contribution in [0.5, 0.6) is 0 Å². The zero-order valence-corrected chi connectivity index (χ0v) is 13.6. The van der Waals surface area contributed by atoms with E-state index in [1.54, 1.807) is 0 Å². The molecule has 0 heterocycles. The fourth-order valence-corrected chi connectivity index (χ4v) is 6.25. The van der Waals surface area contributed by atoms with E-state index in [2.05, 4.69) is 13.8 Å². The summed E-state index contributed by atoms with van der Waals surface area (Å²) in [6.45, 7) is 4.35. The minimum absolute atomic E-state index is 0.00394. The largest absolute Gasteiger partial charge is 0.393 e. The van der Waals surface area contributed by atoms with Gasteiger partial charge in [0.25, 0.3) is 0 Å². The van der Waals surface area contributed by atoms with Crippen molar-refractivity contribution in [2.24, 2.45) is 28.6 Å². The van der Waals surface area contributed by atoms with Gasteiger partial charge in [0, 0.05) is 17.8 Å². The van der Waals surface area contributed by atoms with E-state index in [1.165, 1.54) is 5.57 Å². The van der Waals surface area contributed by atoms with E-state index in [1.807, 2.05) is 6.08 Å². The number of aliphatic hydroxyl groups excluding tert-OH is 1. The molecule has 0 unspecified atom stereocenters. The van der Waals surface area contributed by atoms with Gasteiger partial charge in [-0.1, -0.05) is 19.4 Å². The first kappa shape index (κ1) is 14.6. The Morgan fingerprint density at radius 1 is 1.05 bits per heavy atom. The predicted molar refractivity (Wildman–Crippen MR) is 83.1 cm³/mol. The van der Waals surface area contributed by atoms with Crippen LogP contribution in [0.3, 0.4) is 0 Å². The molecule has 0 aromatic carbocycles. The van der Waals surface area contributed by atoms with Gasteiger partial charge in [-0.25, -0.2) is 0 Å². The molecule has 0 aromatic rings. The number of allylic oxidation sites excluding steroid dienone is 2. The average molecular weight is 302 g/mol. The van der Waals surface area contributed by atoms with Gasteiger partial charge in [-0.05, 0) is 61.9 Å². The van der Waals surface area contributed by atoms with Crippen LogP contribution in [-0.4, -0.2) is 22.8 Å². The van der Waals surface area contributed by atoms with Gasteiger partial charge in [0.15, 0.2) is 5.78 Å². The predicted octanol–water partition coefficient (Wildman–Crippen LogP) is 3.06. The number of aliphatic hydroxyl groups is 1. The van der Waals surface area contributed by atoms with Crippen LogP contribution < -0.4 is 0 Å². The minimum Gasteiger partial charge on any atom is -0.393 e. The first-order valence-electron chi connectivity index (χ1n) is 8.82. The number of rotatable bonds is 0. The molecule has 0 saturated heterocycles. The van der Waals surface area contributed by atoms with Crippen LogP contribution >= 0.6 is 0 Å². The van der Waals surface area contributed by atoms with Gasteiger partial charge in [-0.15, -0.1) is 0 Å². The Hall–Kier alpha value is -0.960. The molecule has 0 bridgehead atoms. The summed E-state index contributed by atoms with van der Waals surface area (Å²) in [7, 11) is 0. The Labute approximate surface area is 132 Å². The van der Waals surface area contributed by atoms with Crippen molar-refractivity contribution in [3.8, 4) is 0 Å². The molecule has 0 radical (unpaired) electrons. The maximum atomic E-state index is 12.8. The molecular formula is C19H26O3. The van der Waals surface area contributed by atoms with Crippen LogP contribution in [0.2, 0.25) is 0 Å². The number of Topliss-reactive ketones (excluding diaryl/α,β-unsaturated/α-hetero) is 1. The lowest BCUT2D eigenvalue weighted by atomic mass is 9.47. The molecule has 0 aliphatic heterocycles. The Kier molecular flexibility index (Phi) is 3.01. The third kappa shape index (κ3) is 1.72. The maximum Gasteiger partial charge on any atom is 0.159 e. The molecule has 0 aromatic heterocycles. The van der Waals surface area contributed by atoms with Crippen molar-refractivity contribution in [2.45, 2.75) is 64.9 Å². The molecule has 0 spiro atoms. The first-order valence-corrected chi connectivity index (χ1v) is 8.82. The first-order chi connectivity index (χ1) is 10.4. The molecule has 3 fully saturated rings. The monoisotopic (exact) mass is 302 g/mol. The van der Waals surface area contributed by atoms with E-state index in [0.29, 0.717) is 18.1 Å². The fourth-order valence-electron chi connectivity index (χ4n) is 6.25. The highest BCUT2D eigenvalue weighted by molar-refractivity contribution is 5.96. The van der Waals surface area contributed by atoms with Crippen LogP contribution in [0.1, 0.15) is 58.8 Å². The molecule has 3 heteroatoms. The molecular weight excluding hydrogens is 276 g/mol. The number of fused-ring (bicyclic) bond motifs is 5. The van der Waals surface area contributed by atoms with Gasteiger partial charge in [-0.3, -0.25) is 9.59 Å². The summed E-state index contributed by atoms with van der Waals surface area (Å²) in [4.78, 5) is 25.2. The molecule has 1 N–H and O–H groups in total. The highest BCUT2D eigenvalue weighted by Crippen LogP contribution is 2.63. The standard InChI is InChI=1S/C19H26O3/c1-18-8-7-14-17(13(18)5-6-16(18)22)15(21)9-11-3-4-12(20)10-19(11,14)2/h9,12-14,17,20H,3-8,10H2,1-2H3/t12-,13-,14-,17-,18-,19-/m0/s1. The van der Waals surface area contributed by atoms with Gasteiger partial charge in [0.2, 0.25) is 0 Å². The Morgan fingerprint density at radius 3 is 2.55 bits per heavy atom. The van der Waals surface area contributed by atoms with Gasteiger partial charge < -0.3 is 5.11 Å². The summed E-state index contributed by atoms with van der Waals surface area (Å²) in [5.74, 6) is 1.18. The number of carbonyl (C=O) groups is 2. The third-order valence-electron chi connectivity index (χ3n) is 7.58. The number of hydrogen-bond donors (Lipinski definition) is 1. The molecule has 22 heavy (non-hydrogen) atoms. The van der Waals surface area contributed by atoms with Crippen LogP contribution in [0.15, 0.2) is 11.6 Å². The summed E-state index contributed by atoms with van der Waals surface area (Å²) >= 11 is 0. The molecule has 4 aliphatic rings. The SMILES string of the molecule is C[C@]12C[C@@H](O)CCC1=CC(=O)[C@@H]1[C@@H]2CC[C@]2(C)C(=O)CC[C@@H]12. The summed E-state index contributed by atoms with van der Waals surface area (Å²) in [6, 6.07) is 0. The van der Waals surface area contributed by atoms with Crippen molar-refractivity contribution >= 4 is 11.6 Å². The molecule has 4 aliphatic carbocycles. The summed E-state index contributed by atoms with van der Waals surface area (Å²) < 4.78 is 0. The molecule has 3 nitrogen and oxygen atoms in total. The van der Waals surface area contributed by atoms with Crippen LogP contribution in [0, 0.1) is 28.6 Å². The van der Waals surface area contributed by atoms with Crippen molar-refractivity contribution in [1.29, 1.82) is 0 Å². The van der Waals surface area contributed by atoms with E-state index in [9.17, 15) is 14.7 Å². The van der Waals surface area contributed by atoms with Crippen LogP contribution in [0.4, 0.5) is 0 Å². The second kappa shape index (κ2) is 4.53. The lowest BCUT2D eigenvalue weighted by molar-refractivity contribution is -0.140. The second-order valence-corrected chi connectivity index (χ2v) is 8.54. The topological polar surface area (TPSA) is 54.4 Å². The van der Waals surface area contributed by atoms with E-state index in [-0.39, 0.29) is 34.6 Å². The van der Waals surface area contributed by atoms with Gasteiger partial charge in [-0.2, -0.15) is 0 Å². The van der Waals surface area contributed by atoms with E-state index < -0.39 is 0 Å². The maximum absolute atomic E-state index is 12.8. The fraction of sp³-hybridized carbons (Fsp3) is 0.789. The van der Waals surface area contributed by atoms with Crippen molar-refractivity contribution in [1.82, 2.24) is 0 Å². The van der Waals surface area contributed by atoms with Gasteiger partial charge >= 0.3 is 0 Å². The zero-order valence-electron chi connectivity index (χ0n) is 13.6. The molecule has 120 valence electrons. The Bertz CT molecular complexity index is 577. The molecule has 4 rings (SSSR count). The van der Waals surface area contributed by atoms with Crippen molar-refractivity contribution in [3.63, 3.8) is 0 Å². The van der Waals surface area contributed by atoms with Crippen molar-refractivity contribution < 1.29 is 14.7 Å². The van der Waals surface area contributed by atoms with Crippen LogP contribution in [-0.2, 0) is 9.59 Å². The summed E-state index contributed by atoms with van der Waals surface area (Å²) in [5, 5.41) is 10.2. The van der Waals surface area contributed by atoms with Gasteiger partial charge in [0.05, 0.1) is 6.10 Å². The Morgan fingerprint density at radius 2 is 1.77 bits per heavy atom. The lowest BCUT2D eigenvalue weighted by Crippen LogP contribution is -2.53. The highest BCUT2D eigenvalue weighted by atomic mass is 16.3. The lowest BCUT2D eigenvalue weighted by Gasteiger charge is -2.55. The number of carbonyl (C=O) groups excluding carboxylic acids is 2. The smallest absolute Gasteiger partial charge is 0.159 e. The van der Waals surface area contributed by atoms with E-state index in [0.717, 1.165) is 38.5 Å². The minimum atomic E-state index is -0.272. The normalized spacial score (nSPS) is 51.0. The average Bonchev–Trinajstić information content (AvgIpc) is 2.76. The number of ketones is 2. The zero-order chi connectivity index (χ0) is 15.7. The third-order valence-corrected chi connectivity index (χ3v) is 7.58. The Balaban J connectivity index is 1.77. The number of hydrogen-bond acceptors (Lipinski definition) is 3. The van der Waals surface area contributed by atoms with Crippen LogP contribution in [0.25, 0.3) is 0 Å². The molecule has 6 atom stereocenters. The van der Waals surface area contributed by atoms with Crippen molar-refractivity contribution in [2.75, 3.05) is 0 Å². The highest BCUT2D eigenvalue weighted by Gasteiger charge is 2.60. The molecule has 3 saturated carbocycles. The quantitative estimate of drug-likeness (QED) is 0.748. The molecule has 0 amide bonds. The second-order valence-electron chi connectivity index (χ2n) is 8.54. The van der Waals surface area contributed by atoms with E-state index >= 15 is 0 Å². The summed E-state index contributed by atoms with van der Waals surface area (Å²) in [6.07, 6.45) is 7.47. The van der Waals surface area contributed by atoms with Crippen molar-refractivity contribution in [3.05, 3.63) is 11.6 Å².